The molecule has 0 aliphatic carbocycles. The van der Waals surface area contributed by atoms with Gasteiger partial charge in [0.2, 0.25) is 0 Å². The van der Waals surface area contributed by atoms with Crippen molar-refractivity contribution in [1.82, 2.24) is 0 Å². The van der Waals surface area contributed by atoms with Crippen molar-refractivity contribution in [2.24, 2.45) is 0 Å². The van der Waals surface area contributed by atoms with Gasteiger partial charge in [0.05, 0.1) is 30.7 Å². The Bertz CT molecular complexity index is 761. The van der Waals surface area contributed by atoms with E-state index >= 15 is 0 Å². The van der Waals surface area contributed by atoms with Crippen molar-refractivity contribution in [3.63, 3.8) is 0 Å². The van der Waals surface area contributed by atoms with Crippen molar-refractivity contribution in [3.8, 4) is 5.75 Å². The van der Waals surface area contributed by atoms with Crippen LogP contribution in [0.5, 0.6) is 5.75 Å². The van der Waals surface area contributed by atoms with Crippen molar-refractivity contribution in [2.45, 2.75) is 17.7 Å². The molecular weight excluding hydrogens is 376 g/mol. The minimum absolute atomic E-state index is 0.204. The van der Waals surface area contributed by atoms with E-state index in [0.717, 1.165) is 22.6 Å². The van der Waals surface area contributed by atoms with Crippen molar-refractivity contribution in [1.29, 1.82) is 0 Å². The molecule has 0 fully saturated rings. The first-order valence-corrected chi connectivity index (χ1v) is 9.30. The molecule has 5 nitrogen and oxygen atoms in total. The fourth-order valence-corrected chi connectivity index (χ4v) is 3.34. The lowest BCUT2D eigenvalue weighted by Crippen LogP contribution is -2.04. The summed E-state index contributed by atoms with van der Waals surface area (Å²) in [7, 11) is 1.36. The molecule has 0 bridgehead atoms. The molecule has 0 heterocycles. The van der Waals surface area contributed by atoms with Crippen LogP contribution in [0.2, 0.25) is 5.02 Å². The highest BCUT2D eigenvalue weighted by molar-refractivity contribution is 7.99. The van der Waals surface area contributed by atoms with Gasteiger partial charge in [-0.25, -0.2) is 4.79 Å². The number of rotatable bonds is 9. The first-order valence-electron chi connectivity index (χ1n) is 7.94. The summed E-state index contributed by atoms with van der Waals surface area (Å²) in [4.78, 5) is 23.0. The molecule has 0 unspecified atom stereocenters. The molecule has 1 N–H and O–H groups in total. The van der Waals surface area contributed by atoms with Crippen LogP contribution < -0.4 is 4.74 Å². The van der Waals surface area contributed by atoms with Crippen LogP contribution in [0.3, 0.4) is 0 Å². The number of carbonyl (C=O) groups excluding carboxylic acids is 1. The smallest absolute Gasteiger partial charge is 0.335 e. The van der Waals surface area contributed by atoms with E-state index in [2.05, 4.69) is 4.74 Å². The lowest BCUT2D eigenvalue weighted by molar-refractivity contribution is -0.139. The van der Waals surface area contributed by atoms with Gasteiger partial charge in [0.1, 0.15) is 5.75 Å². The zero-order chi connectivity index (χ0) is 18.9. The number of aromatic carboxylic acids is 1. The molecule has 0 spiro atoms. The molecule has 0 amide bonds. The summed E-state index contributed by atoms with van der Waals surface area (Å²) in [5.41, 5.74) is 1.05. The van der Waals surface area contributed by atoms with E-state index in [4.69, 9.17) is 21.4 Å². The maximum atomic E-state index is 11.3. The molecule has 2 aromatic rings. The number of esters is 1. The molecule has 0 atom stereocenters. The highest BCUT2D eigenvalue weighted by Gasteiger charge is 2.07. The quantitative estimate of drug-likeness (QED) is 0.388. The molecule has 7 heteroatoms. The Hall–Kier alpha value is -2.18. The lowest BCUT2D eigenvalue weighted by atomic mass is 10.1. The monoisotopic (exact) mass is 394 g/mol. The van der Waals surface area contributed by atoms with E-state index in [1.54, 1.807) is 30.0 Å². The molecule has 0 aromatic heterocycles. The summed E-state index contributed by atoms with van der Waals surface area (Å²) in [5, 5.41) is 9.46. The van der Waals surface area contributed by atoms with E-state index in [1.165, 1.54) is 19.2 Å². The first kappa shape index (κ1) is 20.1. The Morgan fingerprint density at radius 1 is 1.15 bits per heavy atom. The van der Waals surface area contributed by atoms with Crippen molar-refractivity contribution < 1.29 is 24.2 Å². The summed E-state index contributed by atoms with van der Waals surface area (Å²) in [5.74, 6) is 0.214. The van der Waals surface area contributed by atoms with E-state index in [0.29, 0.717) is 17.4 Å². The summed E-state index contributed by atoms with van der Waals surface area (Å²) < 4.78 is 10.2. The third kappa shape index (κ3) is 6.28. The average Bonchev–Trinajstić information content (AvgIpc) is 2.63. The van der Waals surface area contributed by atoms with Crippen molar-refractivity contribution in [3.05, 3.63) is 58.6 Å². The number of carbonyl (C=O) groups is 2. The van der Waals surface area contributed by atoms with Gasteiger partial charge in [-0.3, -0.25) is 4.79 Å². The van der Waals surface area contributed by atoms with Gasteiger partial charge < -0.3 is 14.6 Å². The van der Waals surface area contributed by atoms with Gasteiger partial charge in [-0.15, -0.1) is 11.8 Å². The first-order chi connectivity index (χ1) is 12.5. The highest BCUT2D eigenvalue weighted by atomic mass is 35.5. The Kier molecular flexibility index (Phi) is 7.81. The molecule has 2 rings (SSSR count). The number of thioether (sulfide) groups is 1. The van der Waals surface area contributed by atoms with E-state index in [1.807, 2.05) is 12.1 Å². The second-order valence-electron chi connectivity index (χ2n) is 5.40. The predicted molar refractivity (Wildman–Crippen MR) is 101 cm³/mol. The number of ether oxygens (including phenoxy) is 2. The summed E-state index contributed by atoms with van der Waals surface area (Å²) in [6.45, 7) is 0.525. The Morgan fingerprint density at radius 3 is 2.50 bits per heavy atom. The Labute approximate surface area is 161 Å². The number of carboxylic acid groups (broad SMARTS) is 1. The molecule has 0 aliphatic rings. The molecule has 138 valence electrons. The number of carboxylic acids is 1. The number of benzene rings is 2. The van der Waals surface area contributed by atoms with Crippen molar-refractivity contribution in [2.75, 3.05) is 19.5 Å². The zero-order valence-corrected chi connectivity index (χ0v) is 15.8. The molecule has 0 aliphatic heterocycles. The van der Waals surface area contributed by atoms with E-state index in [-0.39, 0.29) is 18.0 Å². The van der Waals surface area contributed by atoms with Crippen molar-refractivity contribution >= 4 is 35.3 Å². The molecule has 0 saturated heterocycles. The normalized spacial score (nSPS) is 10.4. The lowest BCUT2D eigenvalue weighted by Gasteiger charge is -2.08. The Morgan fingerprint density at radius 2 is 1.88 bits per heavy atom. The topological polar surface area (TPSA) is 72.8 Å². The van der Waals surface area contributed by atoms with Gasteiger partial charge in [-0.1, -0.05) is 17.7 Å². The van der Waals surface area contributed by atoms with Crippen LogP contribution in [-0.4, -0.2) is 36.5 Å². The third-order valence-corrected chi connectivity index (χ3v) is 5.07. The summed E-state index contributed by atoms with van der Waals surface area (Å²) >= 11 is 7.87. The van der Waals surface area contributed by atoms with Crippen LogP contribution >= 0.6 is 23.4 Å². The number of methoxy groups -OCH3 is 1. The van der Waals surface area contributed by atoms with Crippen LogP contribution in [0.1, 0.15) is 22.3 Å². The SMILES string of the molecule is COC(=O)Cc1ccc(SCCCOc2ccc(C(=O)O)cc2)c(Cl)c1. The molecule has 0 radical (unpaired) electrons. The number of hydrogen-bond acceptors (Lipinski definition) is 5. The molecule has 26 heavy (non-hydrogen) atoms. The van der Waals surface area contributed by atoms with Gasteiger partial charge in [-0.2, -0.15) is 0 Å². The maximum Gasteiger partial charge on any atom is 0.335 e. The number of halogens is 1. The fourth-order valence-electron chi connectivity index (χ4n) is 2.14. The number of hydrogen-bond donors (Lipinski definition) is 1. The fraction of sp³-hybridized carbons (Fsp3) is 0.263. The van der Waals surface area contributed by atoms with Crippen LogP contribution in [0.25, 0.3) is 0 Å². The van der Waals surface area contributed by atoms with Crippen LogP contribution in [0.15, 0.2) is 47.4 Å². The van der Waals surface area contributed by atoms with Crippen LogP contribution in [0, 0.1) is 0 Å². The van der Waals surface area contributed by atoms with Gasteiger partial charge in [0, 0.05) is 10.6 Å². The van der Waals surface area contributed by atoms with Gasteiger partial charge in [0.15, 0.2) is 0 Å². The summed E-state index contributed by atoms with van der Waals surface area (Å²) in [6.07, 6.45) is 1.02. The third-order valence-electron chi connectivity index (χ3n) is 3.49. The minimum Gasteiger partial charge on any atom is -0.494 e. The van der Waals surface area contributed by atoms with Crippen LogP contribution in [-0.2, 0) is 16.0 Å². The zero-order valence-electron chi connectivity index (χ0n) is 14.2. The van der Waals surface area contributed by atoms with Gasteiger partial charge in [0.25, 0.3) is 0 Å². The highest BCUT2D eigenvalue weighted by Crippen LogP contribution is 2.28. The molecule has 2 aromatic carbocycles. The second kappa shape index (κ2) is 10.1. The molecular formula is C19H19ClO5S. The van der Waals surface area contributed by atoms with Gasteiger partial charge in [-0.05, 0) is 48.4 Å². The van der Waals surface area contributed by atoms with E-state index < -0.39 is 5.97 Å². The Balaban J connectivity index is 1.74. The van der Waals surface area contributed by atoms with Crippen LogP contribution in [0.4, 0.5) is 0 Å². The van der Waals surface area contributed by atoms with Gasteiger partial charge >= 0.3 is 11.9 Å². The average molecular weight is 395 g/mol. The standard InChI is InChI=1S/C19H19ClO5S/c1-24-18(21)12-13-3-8-17(16(20)11-13)26-10-2-9-25-15-6-4-14(5-7-15)19(22)23/h3-8,11H,2,9-10,12H2,1H3,(H,22,23). The second-order valence-corrected chi connectivity index (χ2v) is 6.94. The minimum atomic E-state index is -0.956. The molecule has 0 saturated carbocycles. The maximum absolute atomic E-state index is 11.3. The van der Waals surface area contributed by atoms with E-state index in [9.17, 15) is 9.59 Å². The predicted octanol–water partition coefficient (Wildman–Crippen LogP) is 4.31. The summed E-state index contributed by atoms with van der Waals surface area (Å²) in [6, 6.07) is 11.9. The largest absolute Gasteiger partial charge is 0.494 e.